The molecule has 3 aliphatic carbocycles. The summed E-state index contributed by atoms with van der Waals surface area (Å²) in [6.45, 7) is 6.46. The van der Waals surface area contributed by atoms with Crippen molar-refractivity contribution < 1.29 is 24.5 Å². The van der Waals surface area contributed by atoms with Gasteiger partial charge < -0.3 is 19.7 Å². The van der Waals surface area contributed by atoms with Gasteiger partial charge in [0.1, 0.15) is 5.60 Å². The number of carbonyl (C=O) groups excluding carboxylic acids is 1. The van der Waals surface area contributed by atoms with Gasteiger partial charge in [0.15, 0.2) is 17.5 Å². The molecule has 8 atom stereocenters. The molecule has 5 fully saturated rings. The Labute approximate surface area is 117 Å². The number of rotatable bonds is 0. The highest BCUT2D eigenvalue weighted by atomic mass is 16.7. The zero-order valence-electron chi connectivity index (χ0n) is 11.9. The lowest BCUT2D eigenvalue weighted by Gasteiger charge is -2.39. The minimum atomic E-state index is -0.808. The van der Waals surface area contributed by atoms with E-state index in [9.17, 15) is 15.0 Å². The molecule has 5 heteroatoms. The average molecular weight is 280 g/mol. The molecule has 5 nitrogen and oxygen atoms in total. The van der Waals surface area contributed by atoms with Crippen LogP contribution in [0.25, 0.3) is 0 Å². The molecule has 0 aromatic rings. The van der Waals surface area contributed by atoms with Crippen LogP contribution in [0, 0.1) is 22.7 Å². The molecule has 2 heterocycles. The maximum atomic E-state index is 12.5. The monoisotopic (exact) mass is 280 g/mol. The normalized spacial score (nSPS) is 68.0. The second kappa shape index (κ2) is 2.74. The van der Waals surface area contributed by atoms with E-state index in [0.29, 0.717) is 6.61 Å². The highest BCUT2D eigenvalue weighted by molar-refractivity contribution is 6.02. The van der Waals surface area contributed by atoms with Crippen molar-refractivity contribution in [1.82, 2.24) is 0 Å². The topological polar surface area (TPSA) is 82.6 Å². The number of hydrogen-bond acceptors (Lipinski definition) is 5. The summed E-state index contributed by atoms with van der Waals surface area (Å²) in [7, 11) is 0. The van der Waals surface area contributed by atoms with Crippen LogP contribution in [0.3, 0.4) is 0 Å². The summed E-state index contributed by atoms with van der Waals surface area (Å²) in [6.07, 6.45) is -0.974. The Balaban J connectivity index is 1.73. The lowest BCUT2D eigenvalue weighted by Crippen LogP contribution is -2.52. The first kappa shape index (κ1) is 12.1. The Kier molecular flexibility index (Phi) is 1.66. The van der Waals surface area contributed by atoms with Gasteiger partial charge in [-0.2, -0.15) is 0 Å². The average Bonchev–Trinajstić information content (AvgIpc) is 3.24. The number of fused-ring (bicyclic) bond motifs is 3. The quantitative estimate of drug-likeness (QED) is 0.605. The van der Waals surface area contributed by atoms with Crippen molar-refractivity contribution in [3.05, 3.63) is 0 Å². The maximum Gasteiger partial charge on any atom is 0.199 e. The fourth-order valence-electron chi connectivity index (χ4n) is 6.11. The van der Waals surface area contributed by atoms with Gasteiger partial charge in [-0.3, -0.25) is 4.79 Å². The first-order valence-electron chi connectivity index (χ1n) is 7.46. The number of hydrogen-bond donors (Lipinski definition) is 2. The Bertz CT molecular complexity index is 552. The van der Waals surface area contributed by atoms with Crippen molar-refractivity contribution in [3.8, 4) is 0 Å². The molecule has 2 N–H and O–H groups in total. The van der Waals surface area contributed by atoms with E-state index < -0.39 is 34.9 Å². The zero-order chi connectivity index (χ0) is 14.3. The smallest absolute Gasteiger partial charge is 0.199 e. The summed E-state index contributed by atoms with van der Waals surface area (Å²) in [6, 6.07) is 0. The van der Waals surface area contributed by atoms with Crippen LogP contribution in [0.1, 0.15) is 27.2 Å². The second-order valence-electron chi connectivity index (χ2n) is 8.25. The minimum Gasteiger partial charge on any atom is -0.392 e. The van der Waals surface area contributed by atoms with Crippen LogP contribution in [-0.4, -0.2) is 52.1 Å². The molecule has 110 valence electrons. The largest absolute Gasteiger partial charge is 0.392 e. The third-order valence-corrected chi connectivity index (χ3v) is 7.24. The van der Waals surface area contributed by atoms with Crippen LogP contribution in [0.5, 0.6) is 0 Å². The summed E-state index contributed by atoms with van der Waals surface area (Å²) < 4.78 is 11.3. The Hall–Kier alpha value is -0.490. The Morgan fingerprint density at radius 2 is 1.85 bits per heavy atom. The van der Waals surface area contributed by atoms with E-state index in [1.807, 2.05) is 20.8 Å². The van der Waals surface area contributed by atoms with E-state index in [0.717, 1.165) is 6.42 Å². The summed E-state index contributed by atoms with van der Waals surface area (Å²) in [4.78, 5) is 12.5. The molecule has 0 bridgehead atoms. The van der Waals surface area contributed by atoms with Gasteiger partial charge in [-0.1, -0.05) is 20.8 Å². The van der Waals surface area contributed by atoms with E-state index >= 15 is 0 Å². The maximum absolute atomic E-state index is 12.5. The Morgan fingerprint density at radius 1 is 1.20 bits per heavy atom. The van der Waals surface area contributed by atoms with E-state index in [2.05, 4.69) is 0 Å². The van der Waals surface area contributed by atoms with E-state index in [1.165, 1.54) is 0 Å². The molecule has 0 aromatic heterocycles. The third kappa shape index (κ3) is 0.815. The molecule has 0 radical (unpaired) electrons. The molecule has 3 saturated carbocycles. The number of epoxide rings is 2. The van der Waals surface area contributed by atoms with Crippen molar-refractivity contribution >= 4 is 5.78 Å². The van der Waals surface area contributed by atoms with Gasteiger partial charge in [0.25, 0.3) is 0 Å². The predicted molar refractivity (Wildman–Crippen MR) is 66.8 cm³/mol. The molecule has 0 aromatic carbocycles. The third-order valence-electron chi connectivity index (χ3n) is 7.24. The van der Waals surface area contributed by atoms with Gasteiger partial charge in [0.2, 0.25) is 0 Å². The molecular formula is C15H20O5. The molecular weight excluding hydrogens is 260 g/mol. The number of ketones is 1. The van der Waals surface area contributed by atoms with E-state index in [4.69, 9.17) is 9.47 Å². The molecule has 2 spiro atoms. The molecule has 5 rings (SSSR count). The van der Waals surface area contributed by atoms with Gasteiger partial charge >= 0.3 is 0 Å². The van der Waals surface area contributed by atoms with Crippen LogP contribution >= 0.6 is 0 Å². The van der Waals surface area contributed by atoms with Crippen molar-refractivity contribution in [2.24, 2.45) is 22.7 Å². The van der Waals surface area contributed by atoms with Crippen molar-refractivity contribution in [2.75, 3.05) is 6.61 Å². The first-order valence-corrected chi connectivity index (χ1v) is 7.46. The molecule has 2 saturated heterocycles. The SMILES string of the molecule is CC1(C)CC2C(O)C34OC3C(=O)C3(CO3)C4(C)C2C1O. The molecule has 8 unspecified atom stereocenters. The fraction of sp³-hybridized carbons (Fsp3) is 0.933. The predicted octanol–water partition coefficient (Wildman–Crippen LogP) is -0.120. The zero-order valence-corrected chi connectivity index (χ0v) is 11.9. The van der Waals surface area contributed by atoms with Crippen molar-refractivity contribution in [3.63, 3.8) is 0 Å². The van der Waals surface area contributed by atoms with Crippen molar-refractivity contribution in [2.45, 2.75) is 56.7 Å². The summed E-state index contributed by atoms with van der Waals surface area (Å²) in [5.41, 5.74) is -2.45. The second-order valence-corrected chi connectivity index (χ2v) is 8.25. The molecule has 5 aliphatic rings. The van der Waals surface area contributed by atoms with Crippen LogP contribution in [0.4, 0.5) is 0 Å². The number of Topliss-reactive ketones (excluding diaryl/α,β-unsaturated/α-hetero) is 1. The molecule has 0 amide bonds. The standard InChI is InChI=1S/C15H20O5/c1-12(2)4-6-7(9(12)17)13(3)14(5-19-14)10(18)11-15(13,20-11)8(6)16/h6-9,11,16-17H,4-5H2,1-3H3. The summed E-state index contributed by atoms with van der Waals surface area (Å²) >= 11 is 0. The van der Waals surface area contributed by atoms with Crippen LogP contribution < -0.4 is 0 Å². The molecule has 2 aliphatic heterocycles. The first-order chi connectivity index (χ1) is 9.24. The minimum absolute atomic E-state index is 0.0100. The number of carbonyl (C=O) groups is 1. The van der Waals surface area contributed by atoms with Gasteiger partial charge in [-0.05, 0) is 17.8 Å². The van der Waals surface area contributed by atoms with Gasteiger partial charge in [-0.25, -0.2) is 0 Å². The van der Waals surface area contributed by atoms with Gasteiger partial charge in [-0.15, -0.1) is 0 Å². The van der Waals surface area contributed by atoms with E-state index in [-0.39, 0.29) is 23.0 Å². The number of aliphatic hydroxyl groups is 2. The highest BCUT2D eigenvalue weighted by Crippen LogP contribution is 2.80. The van der Waals surface area contributed by atoms with E-state index in [1.54, 1.807) is 0 Å². The van der Waals surface area contributed by atoms with Gasteiger partial charge in [0, 0.05) is 11.3 Å². The lowest BCUT2D eigenvalue weighted by molar-refractivity contribution is -0.135. The van der Waals surface area contributed by atoms with Crippen LogP contribution in [-0.2, 0) is 14.3 Å². The number of ether oxygens (including phenoxy) is 2. The van der Waals surface area contributed by atoms with Crippen molar-refractivity contribution in [1.29, 1.82) is 0 Å². The highest BCUT2D eigenvalue weighted by Gasteiger charge is 2.97. The Morgan fingerprint density at radius 3 is 2.45 bits per heavy atom. The number of aliphatic hydroxyl groups excluding tert-OH is 2. The van der Waals surface area contributed by atoms with Gasteiger partial charge in [0.05, 0.1) is 18.8 Å². The molecule has 20 heavy (non-hydrogen) atoms. The lowest BCUT2D eigenvalue weighted by atomic mass is 9.65. The summed E-state index contributed by atoms with van der Waals surface area (Å²) in [5, 5.41) is 21.6. The summed E-state index contributed by atoms with van der Waals surface area (Å²) in [5.74, 6) is -0.162. The van der Waals surface area contributed by atoms with Crippen LogP contribution in [0.2, 0.25) is 0 Å². The van der Waals surface area contributed by atoms with Crippen LogP contribution in [0.15, 0.2) is 0 Å². The fourth-order valence-corrected chi connectivity index (χ4v) is 6.11.